The van der Waals surface area contributed by atoms with Gasteiger partial charge in [-0.25, -0.2) is 0 Å². The van der Waals surface area contributed by atoms with E-state index in [-0.39, 0.29) is 12.1 Å². The quantitative estimate of drug-likeness (QED) is 0.0528. The molecular formula is C37H64O4. The van der Waals surface area contributed by atoms with Crippen molar-refractivity contribution < 1.29 is 19.4 Å². The third kappa shape index (κ3) is 32.3. The van der Waals surface area contributed by atoms with Crippen LogP contribution in [0.15, 0.2) is 48.6 Å². The molecule has 0 aromatic heterocycles. The Morgan fingerprint density at radius 2 is 1.00 bits per heavy atom. The zero-order valence-corrected chi connectivity index (χ0v) is 26.8. The zero-order chi connectivity index (χ0) is 30.1. The number of unbranched alkanes of at least 4 members (excludes halogenated alkanes) is 13. The highest BCUT2D eigenvalue weighted by atomic mass is 16.5. The average Bonchev–Trinajstić information content (AvgIpc) is 2.95. The lowest BCUT2D eigenvalue weighted by molar-refractivity contribution is -0.150. The van der Waals surface area contributed by atoms with Gasteiger partial charge in [-0.1, -0.05) is 127 Å². The first kappa shape index (κ1) is 38.9. The van der Waals surface area contributed by atoms with E-state index in [0.717, 1.165) is 89.9 Å². The number of esters is 1. The maximum Gasteiger partial charge on any atom is 0.306 e. The molecule has 41 heavy (non-hydrogen) atoms. The molecule has 0 aliphatic heterocycles. The van der Waals surface area contributed by atoms with E-state index < -0.39 is 5.97 Å². The van der Waals surface area contributed by atoms with Crippen LogP contribution in [0.25, 0.3) is 0 Å². The molecule has 1 N–H and O–H groups in total. The lowest BCUT2D eigenvalue weighted by Gasteiger charge is -2.17. The summed E-state index contributed by atoms with van der Waals surface area (Å²) in [6.45, 7) is 4.40. The van der Waals surface area contributed by atoms with Crippen LogP contribution in [0, 0.1) is 0 Å². The van der Waals surface area contributed by atoms with Gasteiger partial charge in [-0.15, -0.1) is 0 Å². The largest absolute Gasteiger partial charge is 0.481 e. The molecule has 1 atom stereocenters. The predicted molar refractivity (Wildman–Crippen MR) is 176 cm³/mol. The van der Waals surface area contributed by atoms with Crippen LogP contribution < -0.4 is 0 Å². The number of carbonyl (C=O) groups excluding carboxylic acids is 1. The van der Waals surface area contributed by atoms with Gasteiger partial charge < -0.3 is 9.84 Å². The second kappa shape index (κ2) is 32.4. The summed E-state index contributed by atoms with van der Waals surface area (Å²) in [7, 11) is 0. The van der Waals surface area contributed by atoms with E-state index in [2.05, 4.69) is 62.5 Å². The summed E-state index contributed by atoms with van der Waals surface area (Å²) < 4.78 is 5.80. The molecule has 0 rings (SSSR count). The highest BCUT2D eigenvalue weighted by Gasteiger charge is 2.13. The monoisotopic (exact) mass is 572 g/mol. The van der Waals surface area contributed by atoms with Crippen molar-refractivity contribution in [2.24, 2.45) is 0 Å². The fourth-order valence-electron chi connectivity index (χ4n) is 4.81. The number of allylic oxidation sites excluding steroid dienone is 8. The second-order valence-electron chi connectivity index (χ2n) is 11.3. The van der Waals surface area contributed by atoms with Gasteiger partial charge in [0.25, 0.3) is 0 Å². The van der Waals surface area contributed by atoms with Gasteiger partial charge >= 0.3 is 11.9 Å². The van der Waals surface area contributed by atoms with Gasteiger partial charge in [0.2, 0.25) is 0 Å². The number of carboxylic acid groups (broad SMARTS) is 1. The van der Waals surface area contributed by atoms with Crippen LogP contribution in [0.2, 0.25) is 0 Å². The molecule has 0 aromatic rings. The predicted octanol–water partition coefficient (Wildman–Crippen LogP) is 11.6. The van der Waals surface area contributed by atoms with Crippen molar-refractivity contribution in [3.63, 3.8) is 0 Å². The molecule has 0 saturated heterocycles. The summed E-state index contributed by atoms with van der Waals surface area (Å²) >= 11 is 0. The Morgan fingerprint density at radius 1 is 0.537 bits per heavy atom. The molecule has 1 unspecified atom stereocenters. The minimum atomic E-state index is -0.689. The molecule has 4 nitrogen and oxygen atoms in total. The van der Waals surface area contributed by atoms with Gasteiger partial charge in [-0.3, -0.25) is 9.59 Å². The molecule has 0 bridgehead atoms. The second-order valence-corrected chi connectivity index (χ2v) is 11.3. The van der Waals surface area contributed by atoms with Gasteiger partial charge in [-0.2, -0.15) is 0 Å². The molecule has 0 spiro atoms. The molecule has 0 aromatic carbocycles. The Hall–Kier alpha value is -2.10. The Morgan fingerprint density at radius 3 is 1.54 bits per heavy atom. The zero-order valence-electron chi connectivity index (χ0n) is 26.8. The first-order valence-electron chi connectivity index (χ1n) is 17.1. The Labute approximate surface area is 253 Å². The number of carboxylic acids is 1. The summed E-state index contributed by atoms with van der Waals surface area (Å²) in [4.78, 5) is 22.8. The highest BCUT2D eigenvalue weighted by Crippen LogP contribution is 2.16. The van der Waals surface area contributed by atoms with Crippen LogP contribution >= 0.6 is 0 Å². The van der Waals surface area contributed by atoms with Gasteiger partial charge in [0.1, 0.15) is 6.10 Å². The number of ether oxygens (including phenoxy) is 1. The van der Waals surface area contributed by atoms with Crippen LogP contribution in [0.5, 0.6) is 0 Å². The summed E-state index contributed by atoms with van der Waals surface area (Å²) in [5.74, 6) is -0.715. The topological polar surface area (TPSA) is 63.6 Å². The maximum atomic E-state index is 12.3. The van der Waals surface area contributed by atoms with E-state index in [9.17, 15) is 9.59 Å². The molecule has 236 valence electrons. The Kier molecular flexibility index (Phi) is 30.8. The normalized spacial score (nSPS) is 12.8. The molecule has 0 aliphatic carbocycles. The minimum Gasteiger partial charge on any atom is -0.481 e. The van der Waals surface area contributed by atoms with E-state index in [4.69, 9.17) is 9.84 Å². The number of rotatable bonds is 30. The minimum absolute atomic E-state index is 0.0254. The number of hydrogen-bond acceptors (Lipinski definition) is 3. The van der Waals surface area contributed by atoms with Gasteiger partial charge in [0.15, 0.2) is 0 Å². The van der Waals surface area contributed by atoms with Crippen LogP contribution in [-0.2, 0) is 14.3 Å². The molecule has 4 heteroatoms. The maximum absolute atomic E-state index is 12.3. The molecule has 0 fully saturated rings. The molecule has 0 radical (unpaired) electrons. The molecule has 0 aliphatic rings. The number of hydrogen-bond donors (Lipinski definition) is 1. The SMILES string of the molecule is CCCCC/C=C\C/C=C\C/C=C\C/C=C\CCCCCC(=O)OC(CCC)CCCCCCCCCCC(=O)O. The third-order valence-electron chi connectivity index (χ3n) is 7.28. The van der Waals surface area contributed by atoms with Crippen LogP contribution in [-0.4, -0.2) is 23.1 Å². The first-order chi connectivity index (χ1) is 20.1. The summed E-state index contributed by atoms with van der Waals surface area (Å²) in [6, 6.07) is 0. The summed E-state index contributed by atoms with van der Waals surface area (Å²) in [5.41, 5.74) is 0. The summed E-state index contributed by atoms with van der Waals surface area (Å²) in [6.07, 6.45) is 43.2. The molecule has 0 amide bonds. The van der Waals surface area contributed by atoms with Crippen molar-refractivity contribution in [2.75, 3.05) is 0 Å². The Bertz CT molecular complexity index is 704. The lowest BCUT2D eigenvalue weighted by Crippen LogP contribution is -2.18. The summed E-state index contributed by atoms with van der Waals surface area (Å²) in [5, 5.41) is 8.66. The van der Waals surface area contributed by atoms with E-state index in [1.807, 2.05) is 0 Å². The average molecular weight is 573 g/mol. The molecular weight excluding hydrogens is 508 g/mol. The van der Waals surface area contributed by atoms with E-state index in [0.29, 0.717) is 12.8 Å². The first-order valence-corrected chi connectivity index (χ1v) is 17.1. The lowest BCUT2D eigenvalue weighted by atomic mass is 10.0. The standard InChI is InChI=1S/C37H64O4/c1-3-5-6-7-8-9-10-11-12-13-14-15-16-17-18-19-24-27-30-34-37(40)41-35(31-4-2)32-28-25-22-20-21-23-26-29-33-36(38)39/h8-9,11-12,14-15,17-18,35H,3-7,10,13,16,19-34H2,1-2H3,(H,38,39)/b9-8-,12-11-,15-14-,18-17-. The fourth-order valence-corrected chi connectivity index (χ4v) is 4.81. The van der Waals surface area contributed by atoms with E-state index >= 15 is 0 Å². The van der Waals surface area contributed by atoms with Crippen LogP contribution in [0.3, 0.4) is 0 Å². The fraction of sp³-hybridized carbons (Fsp3) is 0.730. The molecule has 0 heterocycles. The van der Waals surface area contributed by atoms with Crippen molar-refractivity contribution in [2.45, 2.75) is 174 Å². The van der Waals surface area contributed by atoms with Gasteiger partial charge in [-0.05, 0) is 77.0 Å². The van der Waals surface area contributed by atoms with Crippen molar-refractivity contribution in [1.29, 1.82) is 0 Å². The Balaban J connectivity index is 3.69. The highest BCUT2D eigenvalue weighted by molar-refractivity contribution is 5.69. The third-order valence-corrected chi connectivity index (χ3v) is 7.28. The van der Waals surface area contributed by atoms with Crippen molar-refractivity contribution in [1.82, 2.24) is 0 Å². The van der Waals surface area contributed by atoms with Crippen LogP contribution in [0.4, 0.5) is 0 Å². The van der Waals surface area contributed by atoms with Gasteiger partial charge in [0, 0.05) is 12.8 Å². The van der Waals surface area contributed by atoms with E-state index in [1.165, 1.54) is 51.4 Å². The van der Waals surface area contributed by atoms with E-state index in [1.54, 1.807) is 0 Å². The van der Waals surface area contributed by atoms with Crippen molar-refractivity contribution in [3.8, 4) is 0 Å². The smallest absolute Gasteiger partial charge is 0.306 e. The number of aliphatic carboxylic acids is 1. The van der Waals surface area contributed by atoms with Crippen LogP contribution in [0.1, 0.15) is 168 Å². The van der Waals surface area contributed by atoms with Crippen molar-refractivity contribution in [3.05, 3.63) is 48.6 Å². The van der Waals surface area contributed by atoms with Crippen molar-refractivity contribution >= 4 is 11.9 Å². The number of carbonyl (C=O) groups is 2. The molecule has 0 saturated carbocycles. The van der Waals surface area contributed by atoms with Gasteiger partial charge in [0.05, 0.1) is 0 Å².